The molecule has 0 radical (unpaired) electrons. The number of halogens is 1. The lowest BCUT2D eigenvalue weighted by Crippen LogP contribution is -2.28. The molecular weight excluding hydrogens is 322 g/mol. The summed E-state index contributed by atoms with van der Waals surface area (Å²) in [5.74, 6) is 1.16. The van der Waals surface area contributed by atoms with Gasteiger partial charge in [-0.2, -0.15) is 0 Å². The highest BCUT2D eigenvalue weighted by molar-refractivity contribution is 9.10. The van der Waals surface area contributed by atoms with Crippen molar-refractivity contribution in [3.05, 3.63) is 22.2 Å². The standard InChI is InChI=1S/C15H22BrNO3/c1-20-14-7-11(6-13(16)15(14)19)9-17-8-10-3-2-4-12(18)5-10/h6-7,10,12,17-19H,2-5,8-9H2,1H3. The zero-order chi connectivity index (χ0) is 14.5. The van der Waals surface area contributed by atoms with Crippen LogP contribution in [0.5, 0.6) is 11.5 Å². The Balaban J connectivity index is 1.86. The van der Waals surface area contributed by atoms with Crippen LogP contribution in [-0.4, -0.2) is 30.0 Å². The Bertz CT molecular complexity index is 453. The van der Waals surface area contributed by atoms with Crippen molar-refractivity contribution in [1.82, 2.24) is 5.32 Å². The van der Waals surface area contributed by atoms with Crippen molar-refractivity contribution in [1.29, 1.82) is 0 Å². The number of rotatable bonds is 5. The third kappa shape index (κ3) is 4.11. The molecule has 112 valence electrons. The van der Waals surface area contributed by atoms with E-state index < -0.39 is 0 Å². The highest BCUT2D eigenvalue weighted by Gasteiger charge is 2.19. The molecule has 0 spiro atoms. The average Bonchev–Trinajstić information content (AvgIpc) is 2.42. The van der Waals surface area contributed by atoms with Crippen molar-refractivity contribution < 1.29 is 14.9 Å². The fourth-order valence-corrected chi connectivity index (χ4v) is 3.24. The number of aliphatic hydroxyl groups excluding tert-OH is 1. The summed E-state index contributed by atoms with van der Waals surface area (Å²) < 4.78 is 5.78. The van der Waals surface area contributed by atoms with Crippen LogP contribution in [0.2, 0.25) is 0 Å². The molecule has 4 nitrogen and oxygen atoms in total. The number of nitrogens with one attached hydrogen (secondary N) is 1. The van der Waals surface area contributed by atoms with E-state index in [1.807, 2.05) is 12.1 Å². The minimum absolute atomic E-state index is 0.126. The number of aliphatic hydroxyl groups is 1. The summed E-state index contributed by atoms with van der Waals surface area (Å²) >= 11 is 3.32. The summed E-state index contributed by atoms with van der Waals surface area (Å²) in [7, 11) is 1.54. The Morgan fingerprint density at radius 2 is 2.20 bits per heavy atom. The molecule has 0 aromatic heterocycles. The molecule has 2 atom stereocenters. The van der Waals surface area contributed by atoms with E-state index in [9.17, 15) is 10.2 Å². The molecule has 1 aromatic rings. The van der Waals surface area contributed by atoms with Gasteiger partial charge in [-0.25, -0.2) is 0 Å². The Morgan fingerprint density at radius 1 is 1.40 bits per heavy atom. The highest BCUT2D eigenvalue weighted by Crippen LogP contribution is 2.35. The van der Waals surface area contributed by atoms with E-state index in [1.165, 1.54) is 6.42 Å². The number of aromatic hydroxyl groups is 1. The molecule has 1 saturated carbocycles. The number of benzene rings is 1. The van der Waals surface area contributed by atoms with Gasteiger partial charge in [0.1, 0.15) is 0 Å². The molecule has 1 aliphatic carbocycles. The van der Waals surface area contributed by atoms with Gasteiger partial charge in [-0.05, 0) is 65.4 Å². The maximum Gasteiger partial charge on any atom is 0.172 e. The second-order valence-electron chi connectivity index (χ2n) is 5.45. The molecule has 3 N–H and O–H groups in total. The Labute approximate surface area is 128 Å². The van der Waals surface area contributed by atoms with Crippen LogP contribution in [0.15, 0.2) is 16.6 Å². The van der Waals surface area contributed by atoms with Crippen LogP contribution in [-0.2, 0) is 6.54 Å². The molecule has 0 aliphatic heterocycles. The van der Waals surface area contributed by atoms with Crippen LogP contribution in [0, 0.1) is 5.92 Å². The van der Waals surface area contributed by atoms with Gasteiger partial charge in [0.25, 0.3) is 0 Å². The molecule has 0 amide bonds. The first-order valence-electron chi connectivity index (χ1n) is 7.04. The molecule has 0 bridgehead atoms. The maximum atomic E-state index is 9.76. The zero-order valence-electron chi connectivity index (χ0n) is 11.7. The van der Waals surface area contributed by atoms with Gasteiger partial charge in [-0.15, -0.1) is 0 Å². The lowest BCUT2D eigenvalue weighted by atomic mass is 9.87. The summed E-state index contributed by atoms with van der Waals surface area (Å²) in [5, 5.41) is 22.8. The SMILES string of the molecule is COc1cc(CNCC2CCCC(O)C2)cc(Br)c1O. The van der Waals surface area contributed by atoms with E-state index in [2.05, 4.69) is 21.2 Å². The number of methoxy groups -OCH3 is 1. The number of hydrogen-bond acceptors (Lipinski definition) is 4. The predicted molar refractivity (Wildman–Crippen MR) is 82.0 cm³/mol. The quantitative estimate of drug-likeness (QED) is 0.769. The Kier molecular flexibility index (Phi) is 5.69. The number of phenolic OH excluding ortho intramolecular Hbond substituents is 1. The summed E-state index contributed by atoms with van der Waals surface area (Å²) in [5.41, 5.74) is 1.06. The van der Waals surface area contributed by atoms with Crippen LogP contribution in [0.4, 0.5) is 0 Å². The Morgan fingerprint density at radius 3 is 2.90 bits per heavy atom. The summed E-state index contributed by atoms with van der Waals surface area (Å²) in [6, 6.07) is 3.73. The monoisotopic (exact) mass is 343 g/mol. The number of phenols is 1. The van der Waals surface area contributed by atoms with Crippen molar-refractivity contribution in [2.75, 3.05) is 13.7 Å². The van der Waals surface area contributed by atoms with E-state index in [0.717, 1.165) is 37.9 Å². The molecule has 0 saturated heterocycles. The van der Waals surface area contributed by atoms with Gasteiger partial charge in [0.05, 0.1) is 17.7 Å². The minimum atomic E-state index is -0.126. The second-order valence-corrected chi connectivity index (χ2v) is 6.30. The first-order chi connectivity index (χ1) is 9.60. The van der Waals surface area contributed by atoms with Gasteiger partial charge in [-0.1, -0.05) is 6.42 Å². The molecule has 1 fully saturated rings. The molecule has 2 rings (SSSR count). The molecule has 2 unspecified atom stereocenters. The average molecular weight is 344 g/mol. The summed E-state index contributed by atoms with van der Waals surface area (Å²) in [6.45, 7) is 1.64. The summed E-state index contributed by atoms with van der Waals surface area (Å²) in [6.07, 6.45) is 4.02. The van der Waals surface area contributed by atoms with Crippen LogP contribution < -0.4 is 10.1 Å². The van der Waals surface area contributed by atoms with Gasteiger partial charge >= 0.3 is 0 Å². The molecule has 1 aliphatic rings. The van der Waals surface area contributed by atoms with Crippen molar-refractivity contribution in [3.8, 4) is 11.5 Å². The topological polar surface area (TPSA) is 61.7 Å². The van der Waals surface area contributed by atoms with Crippen LogP contribution in [0.3, 0.4) is 0 Å². The van der Waals surface area contributed by atoms with E-state index in [4.69, 9.17) is 4.74 Å². The van der Waals surface area contributed by atoms with Crippen LogP contribution >= 0.6 is 15.9 Å². The first kappa shape index (κ1) is 15.6. The number of ether oxygens (including phenoxy) is 1. The zero-order valence-corrected chi connectivity index (χ0v) is 13.3. The largest absolute Gasteiger partial charge is 0.503 e. The van der Waals surface area contributed by atoms with E-state index in [-0.39, 0.29) is 11.9 Å². The molecule has 1 aromatic carbocycles. The summed E-state index contributed by atoms with van der Waals surface area (Å²) in [4.78, 5) is 0. The van der Waals surface area contributed by atoms with Crippen molar-refractivity contribution in [3.63, 3.8) is 0 Å². The van der Waals surface area contributed by atoms with Gasteiger partial charge in [-0.3, -0.25) is 0 Å². The maximum absolute atomic E-state index is 9.76. The fraction of sp³-hybridized carbons (Fsp3) is 0.600. The van der Waals surface area contributed by atoms with Crippen LogP contribution in [0.25, 0.3) is 0 Å². The normalized spacial score (nSPS) is 22.8. The van der Waals surface area contributed by atoms with Gasteiger partial charge in [0, 0.05) is 6.54 Å². The van der Waals surface area contributed by atoms with Gasteiger partial charge in [0.2, 0.25) is 0 Å². The van der Waals surface area contributed by atoms with Gasteiger partial charge in [0.15, 0.2) is 11.5 Å². The van der Waals surface area contributed by atoms with E-state index in [1.54, 1.807) is 7.11 Å². The smallest absolute Gasteiger partial charge is 0.172 e. The first-order valence-corrected chi connectivity index (χ1v) is 7.83. The highest BCUT2D eigenvalue weighted by atomic mass is 79.9. The van der Waals surface area contributed by atoms with Crippen molar-refractivity contribution in [2.24, 2.45) is 5.92 Å². The third-order valence-electron chi connectivity index (χ3n) is 3.83. The predicted octanol–water partition coefficient (Wildman–Crippen LogP) is 2.80. The van der Waals surface area contributed by atoms with E-state index >= 15 is 0 Å². The minimum Gasteiger partial charge on any atom is -0.503 e. The fourth-order valence-electron chi connectivity index (χ4n) is 2.75. The molecular formula is C15H22BrNO3. The van der Waals surface area contributed by atoms with E-state index in [0.29, 0.717) is 16.1 Å². The molecule has 20 heavy (non-hydrogen) atoms. The van der Waals surface area contributed by atoms with Crippen LogP contribution in [0.1, 0.15) is 31.2 Å². The van der Waals surface area contributed by atoms with Gasteiger partial charge < -0.3 is 20.3 Å². The lowest BCUT2D eigenvalue weighted by molar-refractivity contribution is 0.101. The van der Waals surface area contributed by atoms with Crippen molar-refractivity contribution in [2.45, 2.75) is 38.3 Å². The molecule has 5 heteroatoms. The third-order valence-corrected chi connectivity index (χ3v) is 4.43. The Hall–Kier alpha value is -0.780. The van der Waals surface area contributed by atoms with Crippen molar-refractivity contribution >= 4 is 15.9 Å². The number of hydrogen-bond donors (Lipinski definition) is 3. The molecule has 0 heterocycles. The lowest BCUT2D eigenvalue weighted by Gasteiger charge is -2.26. The second kappa shape index (κ2) is 7.29.